The number of hydrogen-bond donors (Lipinski definition) is 1. The Labute approximate surface area is 137 Å². The molecule has 3 rings (SSSR count). The van der Waals surface area contributed by atoms with Crippen LogP contribution in [-0.4, -0.2) is 49.9 Å². The van der Waals surface area contributed by atoms with Crippen LogP contribution in [-0.2, 0) is 9.47 Å². The van der Waals surface area contributed by atoms with Crippen molar-refractivity contribution >= 4 is 11.7 Å². The van der Waals surface area contributed by atoms with Crippen molar-refractivity contribution in [2.45, 2.75) is 38.3 Å². The van der Waals surface area contributed by atoms with E-state index in [1.54, 1.807) is 6.20 Å². The van der Waals surface area contributed by atoms with Gasteiger partial charge in [0.05, 0.1) is 25.5 Å². The van der Waals surface area contributed by atoms with E-state index in [1.165, 1.54) is 7.11 Å². The lowest BCUT2D eigenvalue weighted by Gasteiger charge is -2.42. The molecule has 3 heterocycles. The summed E-state index contributed by atoms with van der Waals surface area (Å²) in [6, 6.07) is 3.88. The quantitative estimate of drug-likeness (QED) is 0.853. The van der Waals surface area contributed by atoms with E-state index in [9.17, 15) is 4.79 Å². The normalized spacial score (nSPS) is 26.5. The Bertz CT molecular complexity index is 570. The predicted octanol–water partition coefficient (Wildman–Crippen LogP) is 1.59. The maximum Gasteiger partial charge on any atom is 0.358 e. The summed E-state index contributed by atoms with van der Waals surface area (Å²) in [7, 11) is 1.38. The van der Waals surface area contributed by atoms with Gasteiger partial charge in [-0.3, -0.25) is 0 Å². The zero-order valence-corrected chi connectivity index (χ0v) is 13.8. The second-order valence-electron chi connectivity index (χ2n) is 6.50. The average molecular weight is 319 g/mol. The molecule has 2 aliphatic rings. The van der Waals surface area contributed by atoms with Crippen LogP contribution in [0.5, 0.6) is 0 Å². The molecule has 0 aliphatic carbocycles. The van der Waals surface area contributed by atoms with Crippen LogP contribution < -0.4 is 10.6 Å². The predicted molar refractivity (Wildman–Crippen MR) is 87.5 cm³/mol. The second kappa shape index (κ2) is 6.45. The number of nitrogens with zero attached hydrogens (tertiary/aromatic N) is 2. The minimum absolute atomic E-state index is 0.0742. The average Bonchev–Trinajstić information content (AvgIpc) is 2.91. The SMILES string of the molecule is CC[C@@H]1OCC2(CCN(c3cccnc3C(=O)OC)CC2)C1N. The summed E-state index contributed by atoms with van der Waals surface area (Å²) < 4.78 is 10.7. The van der Waals surface area contributed by atoms with E-state index in [0.29, 0.717) is 5.69 Å². The van der Waals surface area contributed by atoms with Gasteiger partial charge in [0.25, 0.3) is 0 Å². The lowest BCUT2D eigenvalue weighted by Crippen LogP contribution is -2.51. The molecule has 23 heavy (non-hydrogen) atoms. The summed E-state index contributed by atoms with van der Waals surface area (Å²) in [4.78, 5) is 18.3. The number of carbonyl (C=O) groups excluding carboxylic acids is 1. The van der Waals surface area contributed by atoms with Crippen LogP contribution in [0.2, 0.25) is 0 Å². The highest BCUT2D eigenvalue weighted by Gasteiger charge is 2.48. The number of anilines is 1. The number of ether oxygens (including phenoxy) is 2. The molecule has 1 spiro atoms. The maximum atomic E-state index is 11.9. The number of methoxy groups -OCH3 is 1. The molecule has 0 bridgehead atoms. The molecule has 0 amide bonds. The van der Waals surface area contributed by atoms with Crippen LogP contribution in [0.15, 0.2) is 18.3 Å². The fourth-order valence-corrected chi connectivity index (χ4v) is 3.82. The van der Waals surface area contributed by atoms with Crippen molar-refractivity contribution in [3.05, 3.63) is 24.0 Å². The zero-order valence-electron chi connectivity index (χ0n) is 13.8. The molecule has 0 saturated carbocycles. The molecule has 2 saturated heterocycles. The van der Waals surface area contributed by atoms with Crippen molar-refractivity contribution in [2.75, 3.05) is 31.7 Å². The number of aromatic nitrogens is 1. The van der Waals surface area contributed by atoms with Crippen LogP contribution in [0, 0.1) is 5.41 Å². The van der Waals surface area contributed by atoms with Crippen LogP contribution in [0.1, 0.15) is 36.7 Å². The van der Waals surface area contributed by atoms with E-state index in [1.807, 2.05) is 12.1 Å². The molecule has 126 valence electrons. The summed E-state index contributed by atoms with van der Waals surface area (Å²) in [6.45, 7) is 4.57. The zero-order chi connectivity index (χ0) is 16.4. The van der Waals surface area contributed by atoms with Crippen LogP contribution >= 0.6 is 0 Å². The summed E-state index contributed by atoms with van der Waals surface area (Å²) in [5.74, 6) is -0.396. The first-order valence-electron chi connectivity index (χ1n) is 8.27. The molecule has 1 aromatic rings. The van der Waals surface area contributed by atoms with Crippen LogP contribution in [0.4, 0.5) is 5.69 Å². The fraction of sp³-hybridized carbons (Fsp3) is 0.647. The number of carbonyl (C=O) groups is 1. The van der Waals surface area contributed by atoms with Crippen molar-refractivity contribution in [3.63, 3.8) is 0 Å². The van der Waals surface area contributed by atoms with E-state index in [2.05, 4.69) is 16.8 Å². The van der Waals surface area contributed by atoms with Crippen molar-refractivity contribution in [1.82, 2.24) is 4.98 Å². The van der Waals surface area contributed by atoms with E-state index in [0.717, 1.165) is 44.6 Å². The first kappa shape index (κ1) is 16.2. The third kappa shape index (κ3) is 2.81. The molecule has 6 nitrogen and oxygen atoms in total. The highest BCUT2D eigenvalue weighted by Crippen LogP contribution is 2.42. The molecule has 0 radical (unpaired) electrons. The number of piperidine rings is 1. The standard InChI is InChI=1S/C17H25N3O3/c1-3-13-15(18)17(11-23-13)6-9-20(10-7-17)12-5-4-8-19-14(12)16(21)22-2/h4-5,8,13,15H,3,6-7,9-11,18H2,1-2H3/t13-,15?/m0/s1. The number of pyridine rings is 1. The van der Waals surface area contributed by atoms with Gasteiger partial charge in [0.1, 0.15) is 0 Å². The van der Waals surface area contributed by atoms with Crippen molar-refractivity contribution in [1.29, 1.82) is 0 Å². The van der Waals surface area contributed by atoms with Gasteiger partial charge in [-0.1, -0.05) is 6.92 Å². The number of hydrogen-bond acceptors (Lipinski definition) is 6. The summed E-state index contributed by atoms with van der Waals surface area (Å²) >= 11 is 0. The monoisotopic (exact) mass is 319 g/mol. The van der Waals surface area contributed by atoms with Gasteiger partial charge in [0, 0.05) is 30.7 Å². The van der Waals surface area contributed by atoms with Gasteiger partial charge >= 0.3 is 5.97 Å². The Kier molecular flexibility index (Phi) is 4.55. The first-order chi connectivity index (χ1) is 11.1. The Morgan fingerprint density at radius 2 is 2.26 bits per heavy atom. The number of rotatable bonds is 3. The van der Waals surface area contributed by atoms with E-state index < -0.39 is 5.97 Å². The third-order valence-corrected chi connectivity index (χ3v) is 5.36. The molecule has 1 unspecified atom stereocenters. The molecule has 0 aromatic carbocycles. The molecule has 2 N–H and O–H groups in total. The Balaban J connectivity index is 1.74. The molecule has 2 aliphatic heterocycles. The van der Waals surface area contributed by atoms with Crippen LogP contribution in [0.25, 0.3) is 0 Å². The summed E-state index contributed by atoms with van der Waals surface area (Å²) in [5, 5.41) is 0. The van der Waals surface area contributed by atoms with Crippen molar-refractivity contribution in [2.24, 2.45) is 11.1 Å². The minimum atomic E-state index is -0.396. The minimum Gasteiger partial charge on any atom is -0.464 e. The molecule has 6 heteroatoms. The Morgan fingerprint density at radius 3 is 2.87 bits per heavy atom. The molecule has 1 aromatic heterocycles. The van der Waals surface area contributed by atoms with E-state index in [4.69, 9.17) is 15.2 Å². The Morgan fingerprint density at radius 1 is 1.52 bits per heavy atom. The molecule has 2 fully saturated rings. The maximum absolute atomic E-state index is 11.9. The second-order valence-corrected chi connectivity index (χ2v) is 6.50. The lowest BCUT2D eigenvalue weighted by atomic mass is 9.73. The molecular weight excluding hydrogens is 294 g/mol. The summed E-state index contributed by atoms with van der Waals surface area (Å²) in [5.41, 5.74) is 7.75. The van der Waals surface area contributed by atoms with Gasteiger partial charge in [-0.2, -0.15) is 0 Å². The first-order valence-corrected chi connectivity index (χ1v) is 8.27. The highest BCUT2D eigenvalue weighted by atomic mass is 16.5. The van der Waals surface area contributed by atoms with Gasteiger partial charge in [0.15, 0.2) is 5.69 Å². The van der Waals surface area contributed by atoms with Gasteiger partial charge in [-0.05, 0) is 31.4 Å². The third-order valence-electron chi connectivity index (χ3n) is 5.36. The largest absolute Gasteiger partial charge is 0.464 e. The highest BCUT2D eigenvalue weighted by molar-refractivity contribution is 5.93. The van der Waals surface area contributed by atoms with E-state index in [-0.39, 0.29) is 17.6 Å². The Hall–Kier alpha value is -1.66. The molecular formula is C17H25N3O3. The lowest BCUT2D eigenvalue weighted by molar-refractivity contribution is 0.0594. The van der Waals surface area contributed by atoms with Crippen molar-refractivity contribution < 1.29 is 14.3 Å². The van der Waals surface area contributed by atoms with Gasteiger partial charge in [-0.15, -0.1) is 0 Å². The van der Waals surface area contributed by atoms with Gasteiger partial charge < -0.3 is 20.1 Å². The summed E-state index contributed by atoms with van der Waals surface area (Å²) in [6.07, 6.45) is 4.70. The van der Waals surface area contributed by atoms with Gasteiger partial charge in [-0.25, -0.2) is 9.78 Å². The molecule has 2 atom stereocenters. The smallest absolute Gasteiger partial charge is 0.358 e. The topological polar surface area (TPSA) is 77.7 Å². The number of nitrogens with two attached hydrogens (primary N) is 1. The van der Waals surface area contributed by atoms with Gasteiger partial charge in [0.2, 0.25) is 0 Å². The van der Waals surface area contributed by atoms with E-state index >= 15 is 0 Å². The fourth-order valence-electron chi connectivity index (χ4n) is 3.82. The number of esters is 1. The van der Waals surface area contributed by atoms with Crippen LogP contribution in [0.3, 0.4) is 0 Å². The van der Waals surface area contributed by atoms with Crippen molar-refractivity contribution in [3.8, 4) is 0 Å².